The maximum atomic E-state index is 2.48. The minimum absolute atomic E-state index is 0. The summed E-state index contributed by atoms with van der Waals surface area (Å²) in [5.74, 6) is 0. The molecule has 6 aromatic carbocycles. The van der Waals surface area contributed by atoms with Gasteiger partial charge >= 0.3 is 0 Å². The highest BCUT2D eigenvalue weighted by molar-refractivity contribution is 6.18. The van der Waals surface area contributed by atoms with Crippen LogP contribution in [0.3, 0.4) is 0 Å². The first kappa shape index (κ1) is 28.8. The Balaban J connectivity index is 0.00000171. The number of hydrogen-bond acceptors (Lipinski definition) is 0. The van der Waals surface area contributed by atoms with E-state index in [2.05, 4.69) is 167 Å². The Kier molecular flexibility index (Phi) is 7.91. The molecule has 2 heteroatoms. The standard InChI is InChI=1S/C40H30N2.2CH4/c1-3-15-29(16-4-1)27-41-35-23-11-7-19-31(35)39(32-20-8-12-24-36(32)41)40-33-21-9-13-25-37(33)42(28-30-17-5-2-6-18-30)38-26-14-10-22-34(38)40;;/h1-26H,27-28H2;2*1H4/q+2;;. The fraction of sp³-hybridized carbons (Fsp3) is 0.0952. The van der Waals surface area contributed by atoms with E-state index in [4.69, 9.17) is 0 Å². The predicted octanol–water partition coefficient (Wildman–Crippen LogP) is 9.91. The van der Waals surface area contributed by atoms with Crippen molar-refractivity contribution < 1.29 is 9.13 Å². The van der Waals surface area contributed by atoms with Gasteiger partial charge in [-0.3, -0.25) is 0 Å². The highest BCUT2D eigenvalue weighted by Gasteiger charge is 2.27. The van der Waals surface area contributed by atoms with E-state index in [0.29, 0.717) is 0 Å². The summed E-state index contributed by atoms with van der Waals surface area (Å²) in [6.07, 6.45) is 0. The predicted molar refractivity (Wildman–Crippen MR) is 187 cm³/mol. The Morgan fingerprint density at radius 1 is 0.295 bits per heavy atom. The minimum Gasteiger partial charge on any atom is -0.187 e. The molecule has 0 saturated carbocycles. The van der Waals surface area contributed by atoms with Crippen LogP contribution in [0.25, 0.3) is 54.7 Å². The molecule has 2 nitrogen and oxygen atoms in total. The monoisotopic (exact) mass is 570 g/mol. The summed E-state index contributed by atoms with van der Waals surface area (Å²) in [5, 5.41) is 5.07. The quantitative estimate of drug-likeness (QED) is 0.144. The Morgan fingerprint density at radius 2 is 0.545 bits per heavy atom. The third-order valence-electron chi connectivity index (χ3n) is 8.47. The van der Waals surface area contributed by atoms with Gasteiger partial charge in [-0.25, -0.2) is 0 Å². The first-order chi connectivity index (χ1) is 20.9. The molecule has 2 aromatic heterocycles. The average Bonchev–Trinajstić information content (AvgIpc) is 3.06. The fourth-order valence-corrected chi connectivity index (χ4v) is 6.64. The summed E-state index contributed by atoms with van der Waals surface area (Å²) in [4.78, 5) is 0. The van der Waals surface area contributed by atoms with Crippen molar-refractivity contribution in [3.05, 3.63) is 169 Å². The lowest BCUT2D eigenvalue weighted by molar-refractivity contribution is -0.636. The van der Waals surface area contributed by atoms with Crippen LogP contribution in [-0.2, 0) is 13.1 Å². The number of hydrogen-bond donors (Lipinski definition) is 0. The third-order valence-corrected chi connectivity index (χ3v) is 8.47. The summed E-state index contributed by atoms with van der Waals surface area (Å²) >= 11 is 0. The van der Waals surface area contributed by atoms with E-state index in [9.17, 15) is 0 Å². The van der Waals surface area contributed by atoms with E-state index in [0.717, 1.165) is 13.1 Å². The molecule has 214 valence electrons. The van der Waals surface area contributed by atoms with E-state index < -0.39 is 0 Å². The summed E-state index contributed by atoms with van der Waals surface area (Å²) in [5.41, 5.74) is 10.1. The molecule has 0 unspecified atom stereocenters. The van der Waals surface area contributed by atoms with Crippen molar-refractivity contribution in [1.82, 2.24) is 0 Å². The lowest BCUT2D eigenvalue weighted by Crippen LogP contribution is -2.37. The Morgan fingerprint density at radius 3 is 0.841 bits per heavy atom. The van der Waals surface area contributed by atoms with Gasteiger partial charge in [-0.05, 0) is 24.3 Å². The van der Waals surface area contributed by atoms with Crippen molar-refractivity contribution in [2.24, 2.45) is 0 Å². The van der Waals surface area contributed by atoms with Crippen LogP contribution in [0.5, 0.6) is 0 Å². The highest BCUT2D eigenvalue weighted by atomic mass is 15.0. The number of benzene rings is 6. The van der Waals surface area contributed by atoms with E-state index in [1.807, 2.05) is 0 Å². The van der Waals surface area contributed by atoms with Crippen LogP contribution in [-0.4, -0.2) is 0 Å². The lowest BCUT2D eigenvalue weighted by Gasteiger charge is -2.16. The van der Waals surface area contributed by atoms with Gasteiger partial charge in [0.1, 0.15) is 0 Å². The van der Waals surface area contributed by atoms with E-state index in [-0.39, 0.29) is 14.9 Å². The van der Waals surface area contributed by atoms with Gasteiger partial charge in [-0.1, -0.05) is 124 Å². The van der Waals surface area contributed by atoms with Gasteiger partial charge in [-0.15, -0.1) is 0 Å². The van der Waals surface area contributed by atoms with E-state index in [1.165, 1.54) is 65.9 Å². The molecule has 0 fully saturated rings. The van der Waals surface area contributed by atoms with Crippen molar-refractivity contribution in [3.63, 3.8) is 0 Å². The first-order valence-corrected chi connectivity index (χ1v) is 14.6. The molecule has 2 heterocycles. The molecule has 0 spiro atoms. The second-order valence-corrected chi connectivity index (χ2v) is 11.0. The molecular formula is C42H38N2+2. The highest BCUT2D eigenvalue weighted by Crippen LogP contribution is 2.41. The normalized spacial score (nSPS) is 11.0. The Bertz CT molecular complexity index is 1960. The van der Waals surface area contributed by atoms with Gasteiger partial charge in [0.05, 0.1) is 21.5 Å². The van der Waals surface area contributed by atoms with Crippen molar-refractivity contribution in [3.8, 4) is 11.1 Å². The van der Waals surface area contributed by atoms with Gasteiger partial charge in [0.15, 0.2) is 13.1 Å². The molecule has 44 heavy (non-hydrogen) atoms. The Labute approximate surface area is 260 Å². The first-order valence-electron chi connectivity index (χ1n) is 14.6. The van der Waals surface area contributed by atoms with Crippen LogP contribution < -0.4 is 9.13 Å². The van der Waals surface area contributed by atoms with Crippen LogP contribution >= 0.6 is 0 Å². The van der Waals surface area contributed by atoms with Gasteiger partial charge in [-0.2, -0.15) is 9.13 Å². The summed E-state index contributed by atoms with van der Waals surface area (Å²) in [7, 11) is 0. The fourth-order valence-electron chi connectivity index (χ4n) is 6.64. The lowest BCUT2D eigenvalue weighted by atomic mass is 9.90. The number of nitrogens with zero attached hydrogens (tertiary/aromatic N) is 2. The average molecular weight is 571 g/mol. The SMILES string of the molecule is C.C.c1ccc(C[n+]2c3ccccc3c(-c3c4ccccc4[n+](Cc4ccccc4)c4ccccc34)c3ccccc32)cc1. The van der Waals surface area contributed by atoms with Gasteiger partial charge in [0, 0.05) is 46.5 Å². The molecule has 0 aliphatic carbocycles. The number of rotatable bonds is 5. The molecule has 0 aliphatic rings. The smallest absolute Gasteiger partial charge is 0.187 e. The molecule has 8 aromatic rings. The zero-order chi connectivity index (χ0) is 27.9. The molecular weight excluding hydrogens is 532 g/mol. The maximum absolute atomic E-state index is 2.48. The van der Waals surface area contributed by atoms with Crippen molar-refractivity contribution >= 4 is 43.6 Å². The van der Waals surface area contributed by atoms with Crippen LogP contribution in [0.4, 0.5) is 0 Å². The molecule has 0 atom stereocenters. The van der Waals surface area contributed by atoms with Crippen LogP contribution in [0, 0.1) is 0 Å². The van der Waals surface area contributed by atoms with Gasteiger partial charge in [0.2, 0.25) is 22.1 Å². The Hall–Kier alpha value is -5.34. The molecule has 0 N–H and O–H groups in total. The summed E-state index contributed by atoms with van der Waals surface area (Å²) in [6, 6.07) is 57.2. The third kappa shape index (κ3) is 4.79. The second kappa shape index (κ2) is 12.1. The minimum atomic E-state index is 0. The molecule has 0 amide bonds. The number of para-hydroxylation sites is 4. The number of aromatic nitrogens is 2. The number of pyridine rings is 2. The van der Waals surface area contributed by atoms with E-state index >= 15 is 0 Å². The number of fused-ring (bicyclic) bond motifs is 4. The van der Waals surface area contributed by atoms with Crippen LogP contribution in [0.15, 0.2) is 158 Å². The largest absolute Gasteiger partial charge is 0.213 e. The van der Waals surface area contributed by atoms with E-state index in [1.54, 1.807) is 0 Å². The van der Waals surface area contributed by atoms with Gasteiger partial charge < -0.3 is 0 Å². The zero-order valence-corrected chi connectivity index (χ0v) is 23.3. The molecule has 8 rings (SSSR count). The molecule has 0 bridgehead atoms. The molecule has 0 saturated heterocycles. The topological polar surface area (TPSA) is 7.76 Å². The van der Waals surface area contributed by atoms with Crippen LogP contribution in [0.1, 0.15) is 26.0 Å². The van der Waals surface area contributed by atoms with Crippen molar-refractivity contribution in [2.45, 2.75) is 27.9 Å². The molecule has 0 aliphatic heterocycles. The van der Waals surface area contributed by atoms with Gasteiger partial charge in [0.25, 0.3) is 0 Å². The van der Waals surface area contributed by atoms with Crippen LogP contribution in [0.2, 0.25) is 0 Å². The summed E-state index contributed by atoms with van der Waals surface area (Å²) < 4.78 is 4.96. The summed E-state index contributed by atoms with van der Waals surface area (Å²) in [6.45, 7) is 1.63. The van der Waals surface area contributed by atoms with Crippen molar-refractivity contribution in [1.29, 1.82) is 0 Å². The van der Waals surface area contributed by atoms with Crippen molar-refractivity contribution in [2.75, 3.05) is 0 Å². The zero-order valence-electron chi connectivity index (χ0n) is 23.3. The maximum Gasteiger partial charge on any atom is 0.213 e. The molecule has 0 radical (unpaired) electrons. The second-order valence-electron chi connectivity index (χ2n) is 11.0.